The van der Waals surface area contributed by atoms with Crippen molar-refractivity contribution in [1.82, 2.24) is 0 Å². The number of hydrogen-bond donors (Lipinski definition) is 0. The van der Waals surface area contributed by atoms with Crippen LogP contribution in [-0.4, -0.2) is 25.6 Å². The fourth-order valence-electron chi connectivity index (χ4n) is 2.39. The summed E-state index contributed by atoms with van der Waals surface area (Å²) in [5.74, 6) is 0.778. The number of carbonyl (C=O) groups is 1. The van der Waals surface area contributed by atoms with Crippen LogP contribution in [0.4, 0.5) is 0 Å². The molecule has 0 radical (unpaired) electrons. The van der Waals surface area contributed by atoms with Crippen molar-refractivity contribution in [3.63, 3.8) is 0 Å². The van der Waals surface area contributed by atoms with E-state index in [-0.39, 0.29) is 11.6 Å². The fourth-order valence-corrected chi connectivity index (χ4v) is 2.88. The van der Waals surface area contributed by atoms with Gasteiger partial charge in [0.15, 0.2) is 17.2 Å². The predicted octanol–water partition coefficient (Wildman–Crippen LogP) is 4.75. The van der Waals surface area contributed by atoms with Gasteiger partial charge in [0.2, 0.25) is 5.90 Å². The lowest BCUT2D eigenvalue weighted by Gasteiger charge is -2.09. The van der Waals surface area contributed by atoms with Gasteiger partial charge in [0.25, 0.3) is 0 Å². The molecule has 1 aliphatic rings. The maximum Gasteiger partial charge on any atom is 0.363 e. The van der Waals surface area contributed by atoms with Gasteiger partial charge in [0.05, 0.1) is 24.3 Å². The number of hydrogen-bond acceptors (Lipinski definition) is 5. The van der Waals surface area contributed by atoms with E-state index in [0.717, 1.165) is 5.56 Å². The van der Waals surface area contributed by atoms with Crippen LogP contribution in [0.5, 0.6) is 11.5 Å². The molecule has 1 heterocycles. The second-order valence-corrected chi connectivity index (χ2v) is 6.15. The second-order valence-electron chi connectivity index (χ2n) is 5.30. The summed E-state index contributed by atoms with van der Waals surface area (Å²) in [5, 5.41) is 0.842. The number of ether oxygens (including phenoxy) is 3. The van der Waals surface area contributed by atoms with Gasteiger partial charge in [-0.2, -0.15) is 0 Å². The van der Waals surface area contributed by atoms with Crippen molar-refractivity contribution < 1.29 is 19.0 Å². The zero-order chi connectivity index (χ0) is 18.7. The molecule has 2 aromatic carbocycles. The van der Waals surface area contributed by atoms with Gasteiger partial charge in [0, 0.05) is 5.02 Å². The standard InChI is InChI=1S/C19H15Cl2NO4/c1-3-25-16-7-4-11(9-17(16)24-2)8-15-19(23)26-18(22-15)13-6-5-12(20)10-14(13)21/h4-10H,3H2,1-2H3/b15-8-. The molecular formula is C19H15Cl2NO4. The number of halogens is 2. The third-order valence-corrected chi connectivity index (χ3v) is 4.12. The summed E-state index contributed by atoms with van der Waals surface area (Å²) < 4.78 is 16.0. The van der Waals surface area contributed by atoms with Crippen molar-refractivity contribution in [2.45, 2.75) is 6.92 Å². The molecule has 0 fully saturated rings. The van der Waals surface area contributed by atoms with Crippen molar-refractivity contribution in [3.8, 4) is 11.5 Å². The molecule has 0 saturated carbocycles. The van der Waals surface area contributed by atoms with E-state index in [4.69, 9.17) is 37.4 Å². The van der Waals surface area contributed by atoms with Crippen LogP contribution in [-0.2, 0) is 9.53 Å². The van der Waals surface area contributed by atoms with Crippen LogP contribution in [0, 0.1) is 0 Å². The average Bonchev–Trinajstić information content (AvgIpc) is 2.96. The fraction of sp³-hybridized carbons (Fsp3) is 0.158. The number of carbonyl (C=O) groups excluding carboxylic acids is 1. The minimum Gasteiger partial charge on any atom is -0.493 e. The van der Waals surface area contributed by atoms with Gasteiger partial charge in [-0.3, -0.25) is 0 Å². The first kappa shape index (κ1) is 18.3. The highest BCUT2D eigenvalue weighted by Crippen LogP contribution is 2.30. The van der Waals surface area contributed by atoms with Crippen LogP contribution < -0.4 is 9.47 Å². The van der Waals surface area contributed by atoms with E-state index in [9.17, 15) is 4.79 Å². The van der Waals surface area contributed by atoms with Gasteiger partial charge in [-0.25, -0.2) is 9.79 Å². The molecule has 2 aromatic rings. The largest absolute Gasteiger partial charge is 0.493 e. The van der Waals surface area contributed by atoms with E-state index < -0.39 is 5.97 Å². The smallest absolute Gasteiger partial charge is 0.363 e. The second kappa shape index (κ2) is 7.81. The van der Waals surface area contributed by atoms with Gasteiger partial charge in [-0.05, 0) is 48.9 Å². The molecule has 134 valence electrons. The molecule has 0 aliphatic carbocycles. The topological polar surface area (TPSA) is 57.1 Å². The van der Waals surface area contributed by atoms with E-state index in [1.165, 1.54) is 0 Å². The summed E-state index contributed by atoms with van der Waals surface area (Å²) in [6, 6.07) is 10.2. The first-order valence-corrected chi connectivity index (χ1v) is 8.56. The SMILES string of the molecule is CCOc1ccc(/C=C2\N=C(c3ccc(Cl)cc3Cl)OC2=O)cc1OC. The van der Waals surface area contributed by atoms with E-state index in [1.54, 1.807) is 49.6 Å². The highest BCUT2D eigenvalue weighted by molar-refractivity contribution is 6.37. The first-order valence-electron chi connectivity index (χ1n) is 7.80. The Bertz CT molecular complexity index is 922. The molecule has 5 nitrogen and oxygen atoms in total. The summed E-state index contributed by atoms with van der Waals surface area (Å²) in [7, 11) is 1.55. The number of benzene rings is 2. The summed E-state index contributed by atoms with van der Waals surface area (Å²) in [6.45, 7) is 2.42. The summed E-state index contributed by atoms with van der Waals surface area (Å²) >= 11 is 12.0. The highest BCUT2D eigenvalue weighted by Gasteiger charge is 2.25. The molecule has 0 amide bonds. The normalized spacial score (nSPS) is 15.0. The zero-order valence-corrected chi connectivity index (χ0v) is 15.6. The zero-order valence-electron chi connectivity index (χ0n) is 14.1. The van der Waals surface area contributed by atoms with Crippen molar-refractivity contribution in [2.75, 3.05) is 13.7 Å². The monoisotopic (exact) mass is 391 g/mol. The van der Waals surface area contributed by atoms with E-state index >= 15 is 0 Å². The molecule has 0 bridgehead atoms. The van der Waals surface area contributed by atoms with Gasteiger partial charge < -0.3 is 14.2 Å². The van der Waals surface area contributed by atoms with Crippen LogP contribution in [0.2, 0.25) is 10.0 Å². The van der Waals surface area contributed by atoms with Crippen molar-refractivity contribution in [1.29, 1.82) is 0 Å². The lowest BCUT2D eigenvalue weighted by atomic mass is 10.1. The molecule has 0 spiro atoms. The molecular weight excluding hydrogens is 377 g/mol. The molecule has 26 heavy (non-hydrogen) atoms. The molecule has 3 rings (SSSR count). The van der Waals surface area contributed by atoms with E-state index in [0.29, 0.717) is 33.7 Å². The minimum atomic E-state index is -0.557. The maximum atomic E-state index is 12.1. The van der Waals surface area contributed by atoms with Gasteiger partial charge in [-0.15, -0.1) is 0 Å². The average molecular weight is 392 g/mol. The van der Waals surface area contributed by atoms with Crippen molar-refractivity contribution >= 4 is 41.1 Å². The van der Waals surface area contributed by atoms with Crippen LogP contribution in [0.25, 0.3) is 6.08 Å². The quantitative estimate of drug-likeness (QED) is 0.545. The first-order chi connectivity index (χ1) is 12.5. The van der Waals surface area contributed by atoms with Crippen molar-refractivity contribution in [3.05, 3.63) is 63.3 Å². The molecule has 7 heteroatoms. The van der Waals surface area contributed by atoms with Crippen LogP contribution >= 0.6 is 23.2 Å². The molecule has 0 aromatic heterocycles. The van der Waals surface area contributed by atoms with E-state index in [1.807, 2.05) is 6.92 Å². The molecule has 0 atom stereocenters. The Morgan fingerprint density at radius 3 is 2.65 bits per heavy atom. The molecule has 1 aliphatic heterocycles. The lowest BCUT2D eigenvalue weighted by Crippen LogP contribution is -2.05. The Morgan fingerprint density at radius 1 is 1.15 bits per heavy atom. The number of cyclic esters (lactones) is 1. The maximum absolute atomic E-state index is 12.1. The Hall–Kier alpha value is -2.50. The molecule has 0 saturated heterocycles. The molecule has 0 N–H and O–H groups in total. The van der Waals surface area contributed by atoms with Gasteiger partial charge in [-0.1, -0.05) is 29.3 Å². The Kier molecular flexibility index (Phi) is 5.49. The third kappa shape index (κ3) is 3.84. The Balaban J connectivity index is 1.93. The van der Waals surface area contributed by atoms with Gasteiger partial charge in [0.1, 0.15) is 0 Å². The summed E-state index contributed by atoms with van der Waals surface area (Å²) in [5.41, 5.74) is 1.39. The number of aliphatic imine (C=N–C) groups is 1. The number of rotatable bonds is 5. The number of esters is 1. The number of nitrogens with zero attached hydrogens (tertiary/aromatic N) is 1. The minimum absolute atomic E-state index is 0.140. The van der Waals surface area contributed by atoms with Crippen LogP contribution in [0.1, 0.15) is 18.1 Å². The highest BCUT2D eigenvalue weighted by atomic mass is 35.5. The molecule has 0 unspecified atom stereocenters. The number of methoxy groups -OCH3 is 1. The van der Waals surface area contributed by atoms with E-state index in [2.05, 4.69) is 4.99 Å². The summed E-state index contributed by atoms with van der Waals surface area (Å²) in [4.78, 5) is 16.4. The van der Waals surface area contributed by atoms with Crippen LogP contribution in [0.3, 0.4) is 0 Å². The van der Waals surface area contributed by atoms with Crippen molar-refractivity contribution in [2.24, 2.45) is 4.99 Å². The lowest BCUT2D eigenvalue weighted by molar-refractivity contribution is -0.129. The third-order valence-electron chi connectivity index (χ3n) is 3.57. The Morgan fingerprint density at radius 2 is 1.96 bits per heavy atom. The summed E-state index contributed by atoms with van der Waals surface area (Å²) in [6.07, 6.45) is 1.61. The Labute approximate surface area is 160 Å². The predicted molar refractivity (Wildman–Crippen MR) is 101 cm³/mol. The van der Waals surface area contributed by atoms with Crippen LogP contribution in [0.15, 0.2) is 47.1 Å². The van der Waals surface area contributed by atoms with Gasteiger partial charge >= 0.3 is 5.97 Å².